The number of aliphatic hydroxyl groups is 1. The van der Waals surface area contributed by atoms with Gasteiger partial charge < -0.3 is 14.6 Å². The number of ether oxygens (including phenoxy) is 2. The van der Waals surface area contributed by atoms with Gasteiger partial charge in [0.2, 0.25) is 0 Å². The lowest BCUT2D eigenvalue weighted by molar-refractivity contribution is -0.139. The summed E-state index contributed by atoms with van der Waals surface area (Å²) in [4.78, 5) is 28.6. The SMILES string of the molecule is COC(=O)Cc1[nH]n(-c2ccc(OC)cc2)c(=O)c1C(C)=NCCO. The van der Waals surface area contributed by atoms with Crippen LogP contribution in [-0.2, 0) is 16.0 Å². The predicted octanol–water partition coefficient (Wildman–Crippen LogP) is 0.691. The molecule has 8 nitrogen and oxygen atoms in total. The highest BCUT2D eigenvalue weighted by atomic mass is 16.5. The van der Waals surface area contributed by atoms with Crippen molar-refractivity contribution in [3.8, 4) is 11.4 Å². The second-order valence-electron chi connectivity index (χ2n) is 5.25. The number of rotatable bonds is 7. The zero-order valence-electron chi connectivity index (χ0n) is 14.4. The molecular formula is C17H21N3O5. The molecule has 0 radical (unpaired) electrons. The van der Waals surface area contributed by atoms with Gasteiger partial charge in [0.25, 0.3) is 5.56 Å². The second kappa shape index (κ2) is 8.29. The van der Waals surface area contributed by atoms with E-state index in [1.165, 1.54) is 11.8 Å². The van der Waals surface area contributed by atoms with Crippen molar-refractivity contribution >= 4 is 11.7 Å². The Morgan fingerprint density at radius 2 is 1.96 bits per heavy atom. The Kier molecular flexibility index (Phi) is 6.13. The van der Waals surface area contributed by atoms with E-state index in [2.05, 4.69) is 14.8 Å². The molecule has 8 heteroatoms. The fourth-order valence-corrected chi connectivity index (χ4v) is 2.41. The summed E-state index contributed by atoms with van der Waals surface area (Å²) < 4.78 is 11.1. The largest absolute Gasteiger partial charge is 0.497 e. The molecule has 0 spiro atoms. The first-order valence-corrected chi connectivity index (χ1v) is 7.69. The number of aromatic nitrogens is 2. The fourth-order valence-electron chi connectivity index (χ4n) is 2.41. The molecule has 2 aromatic rings. The highest BCUT2D eigenvalue weighted by molar-refractivity contribution is 6.00. The summed E-state index contributed by atoms with van der Waals surface area (Å²) in [5.74, 6) is 0.193. The number of aromatic amines is 1. The maximum Gasteiger partial charge on any atom is 0.311 e. The van der Waals surface area contributed by atoms with Gasteiger partial charge in [-0.25, -0.2) is 4.68 Å². The van der Waals surface area contributed by atoms with Crippen LogP contribution in [0.1, 0.15) is 18.2 Å². The van der Waals surface area contributed by atoms with Crippen LogP contribution in [0.2, 0.25) is 0 Å². The third-order valence-electron chi connectivity index (χ3n) is 3.66. The van der Waals surface area contributed by atoms with Crippen molar-refractivity contribution in [2.45, 2.75) is 13.3 Å². The van der Waals surface area contributed by atoms with Gasteiger partial charge in [0.1, 0.15) is 5.75 Å². The van der Waals surface area contributed by atoms with Crippen LogP contribution in [0.4, 0.5) is 0 Å². The average Bonchev–Trinajstić information content (AvgIpc) is 2.95. The highest BCUT2D eigenvalue weighted by Gasteiger charge is 2.20. The molecule has 0 saturated heterocycles. The van der Waals surface area contributed by atoms with Crippen molar-refractivity contribution in [2.24, 2.45) is 4.99 Å². The number of nitrogens with one attached hydrogen (secondary N) is 1. The number of hydrogen-bond donors (Lipinski definition) is 2. The van der Waals surface area contributed by atoms with E-state index in [0.717, 1.165) is 0 Å². The topological polar surface area (TPSA) is 106 Å². The third-order valence-corrected chi connectivity index (χ3v) is 3.66. The van der Waals surface area contributed by atoms with Gasteiger partial charge >= 0.3 is 5.97 Å². The molecular weight excluding hydrogens is 326 g/mol. The molecule has 0 unspecified atom stereocenters. The first-order chi connectivity index (χ1) is 12.0. The van der Waals surface area contributed by atoms with E-state index in [1.807, 2.05) is 0 Å². The van der Waals surface area contributed by atoms with Crippen LogP contribution in [0.3, 0.4) is 0 Å². The minimum absolute atomic E-state index is 0.0871. The van der Waals surface area contributed by atoms with E-state index < -0.39 is 5.97 Å². The molecule has 0 amide bonds. The van der Waals surface area contributed by atoms with Crippen LogP contribution >= 0.6 is 0 Å². The van der Waals surface area contributed by atoms with Crippen molar-refractivity contribution in [1.82, 2.24) is 9.78 Å². The summed E-state index contributed by atoms with van der Waals surface area (Å²) in [7, 11) is 2.84. The molecule has 1 aromatic heterocycles. The molecule has 0 bridgehead atoms. The van der Waals surface area contributed by atoms with Crippen molar-refractivity contribution in [3.05, 3.63) is 45.9 Å². The lowest BCUT2D eigenvalue weighted by Crippen LogP contribution is -2.20. The summed E-state index contributed by atoms with van der Waals surface area (Å²) in [6, 6.07) is 6.91. The average molecular weight is 347 g/mol. The van der Waals surface area contributed by atoms with Gasteiger partial charge in [-0.05, 0) is 31.2 Å². The van der Waals surface area contributed by atoms with Gasteiger partial charge in [-0.2, -0.15) is 0 Å². The van der Waals surface area contributed by atoms with Gasteiger partial charge in [-0.15, -0.1) is 0 Å². The summed E-state index contributed by atoms with van der Waals surface area (Å²) in [6.45, 7) is 1.72. The van der Waals surface area contributed by atoms with Crippen LogP contribution in [-0.4, -0.2) is 53.9 Å². The molecule has 0 fully saturated rings. The molecule has 2 rings (SSSR count). The van der Waals surface area contributed by atoms with E-state index in [4.69, 9.17) is 9.84 Å². The number of methoxy groups -OCH3 is 2. The van der Waals surface area contributed by atoms with Crippen LogP contribution in [0.25, 0.3) is 5.69 Å². The number of aliphatic hydroxyl groups excluding tert-OH is 1. The van der Waals surface area contributed by atoms with E-state index in [-0.39, 0.29) is 25.1 Å². The van der Waals surface area contributed by atoms with Crippen LogP contribution in [0.15, 0.2) is 34.1 Å². The first kappa shape index (κ1) is 18.5. The number of esters is 1. The summed E-state index contributed by atoms with van der Waals surface area (Å²) >= 11 is 0. The Balaban J connectivity index is 2.54. The number of hydrogen-bond acceptors (Lipinski definition) is 6. The van der Waals surface area contributed by atoms with Crippen LogP contribution in [0, 0.1) is 0 Å². The van der Waals surface area contributed by atoms with Gasteiger partial charge in [-0.1, -0.05) is 0 Å². The molecule has 0 aliphatic carbocycles. The maximum atomic E-state index is 12.8. The second-order valence-corrected chi connectivity index (χ2v) is 5.25. The maximum absolute atomic E-state index is 12.8. The standard InChI is InChI=1S/C17H21N3O5/c1-11(18-8-9-21)16-14(10-15(22)25-3)19-20(17(16)23)12-4-6-13(24-2)7-5-12/h4-7,19,21H,8-10H2,1-3H3. The molecule has 1 aromatic carbocycles. The summed E-state index contributed by atoms with van der Waals surface area (Å²) in [6.07, 6.45) is -0.0871. The van der Waals surface area contributed by atoms with E-state index in [0.29, 0.717) is 28.4 Å². The van der Waals surface area contributed by atoms with Gasteiger partial charge in [0.15, 0.2) is 0 Å². The predicted molar refractivity (Wildman–Crippen MR) is 92.8 cm³/mol. The zero-order chi connectivity index (χ0) is 18.4. The monoisotopic (exact) mass is 347 g/mol. The van der Waals surface area contributed by atoms with E-state index in [9.17, 15) is 9.59 Å². The third kappa shape index (κ3) is 4.16. The van der Waals surface area contributed by atoms with E-state index >= 15 is 0 Å². The summed E-state index contributed by atoms with van der Waals surface area (Å²) in [5, 5.41) is 11.9. The molecule has 0 aliphatic rings. The van der Waals surface area contributed by atoms with Crippen molar-refractivity contribution in [1.29, 1.82) is 0 Å². The molecule has 2 N–H and O–H groups in total. The quantitative estimate of drug-likeness (QED) is 0.566. The number of aliphatic imine (C=N–C) groups is 1. The molecule has 0 saturated carbocycles. The Bertz CT molecular complexity index is 818. The fraction of sp³-hybridized carbons (Fsp3) is 0.353. The minimum atomic E-state index is -0.473. The normalized spacial score (nSPS) is 11.4. The molecule has 0 atom stereocenters. The number of carbonyl (C=O) groups is 1. The molecule has 134 valence electrons. The molecule has 1 heterocycles. The Morgan fingerprint density at radius 3 is 2.52 bits per heavy atom. The number of benzene rings is 1. The molecule has 25 heavy (non-hydrogen) atoms. The smallest absolute Gasteiger partial charge is 0.311 e. The van der Waals surface area contributed by atoms with Crippen LogP contribution < -0.4 is 10.3 Å². The van der Waals surface area contributed by atoms with Crippen molar-refractivity contribution in [3.63, 3.8) is 0 Å². The number of nitrogens with zero attached hydrogens (tertiary/aromatic N) is 2. The van der Waals surface area contributed by atoms with Crippen molar-refractivity contribution < 1.29 is 19.4 Å². The lowest BCUT2D eigenvalue weighted by Gasteiger charge is -2.03. The van der Waals surface area contributed by atoms with Gasteiger partial charge in [-0.3, -0.25) is 19.7 Å². The van der Waals surface area contributed by atoms with Crippen LogP contribution in [0.5, 0.6) is 5.75 Å². The highest BCUT2D eigenvalue weighted by Crippen LogP contribution is 2.15. The molecule has 0 aliphatic heterocycles. The van der Waals surface area contributed by atoms with Gasteiger partial charge in [0.05, 0.1) is 50.7 Å². The Labute approximate surface area is 144 Å². The van der Waals surface area contributed by atoms with E-state index in [1.54, 1.807) is 38.3 Å². The number of carbonyl (C=O) groups excluding carboxylic acids is 1. The van der Waals surface area contributed by atoms with Crippen molar-refractivity contribution in [2.75, 3.05) is 27.4 Å². The Morgan fingerprint density at radius 1 is 1.28 bits per heavy atom. The first-order valence-electron chi connectivity index (χ1n) is 7.69. The summed E-state index contributed by atoms with van der Waals surface area (Å²) in [5.41, 5.74) is 1.42. The zero-order valence-corrected chi connectivity index (χ0v) is 14.4. The Hall–Kier alpha value is -2.87. The lowest BCUT2D eigenvalue weighted by atomic mass is 10.1. The van der Waals surface area contributed by atoms with Gasteiger partial charge in [0, 0.05) is 5.71 Å². The minimum Gasteiger partial charge on any atom is -0.497 e. The number of H-pyrrole nitrogens is 1.